The molecule has 24 heavy (non-hydrogen) atoms. The highest BCUT2D eigenvalue weighted by Gasteiger charge is 2.75. The Morgan fingerprint density at radius 3 is 2.17 bits per heavy atom. The standard InChI is InChI=1S/C17H15FO5S/c18-12-8-6-11(7-9-12)14-15(17(14,10-19)16(20)21)24(22,23)13-4-2-1-3-5-13/h1-9,14-15,19H,10H2,(H,20,21)/t14-,15-,17+/m0/s1. The van der Waals surface area contributed by atoms with Crippen LogP contribution in [0.1, 0.15) is 11.5 Å². The van der Waals surface area contributed by atoms with Crippen LogP contribution in [-0.2, 0) is 14.6 Å². The molecule has 0 amide bonds. The van der Waals surface area contributed by atoms with Crippen LogP contribution in [0.25, 0.3) is 0 Å². The first-order chi connectivity index (χ1) is 11.4. The molecule has 0 radical (unpaired) electrons. The Hall–Kier alpha value is -2.25. The molecule has 1 fully saturated rings. The lowest BCUT2D eigenvalue weighted by molar-refractivity contribution is -0.145. The molecular formula is C17H15FO5S. The first-order valence-electron chi connectivity index (χ1n) is 7.24. The molecule has 2 aromatic carbocycles. The Bertz CT molecular complexity index is 864. The molecule has 2 N–H and O–H groups in total. The van der Waals surface area contributed by atoms with Gasteiger partial charge in [-0.2, -0.15) is 0 Å². The number of aliphatic hydroxyl groups excluding tert-OH is 1. The lowest BCUT2D eigenvalue weighted by Crippen LogP contribution is -2.27. The van der Waals surface area contributed by atoms with Gasteiger partial charge >= 0.3 is 5.97 Å². The van der Waals surface area contributed by atoms with Gasteiger partial charge in [-0.3, -0.25) is 4.79 Å². The summed E-state index contributed by atoms with van der Waals surface area (Å²) in [5, 5.41) is 17.9. The van der Waals surface area contributed by atoms with Crippen LogP contribution in [0.5, 0.6) is 0 Å². The average Bonchev–Trinajstić information content (AvgIpc) is 3.28. The van der Waals surface area contributed by atoms with Crippen LogP contribution in [-0.4, -0.2) is 36.5 Å². The summed E-state index contributed by atoms with van der Waals surface area (Å²) < 4.78 is 38.9. The van der Waals surface area contributed by atoms with Crippen LogP contribution in [0.15, 0.2) is 59.5 Å². The van der Waals surface area contributed by atoms with Crippen molar-refractivity contribution < 1.29 is 27.8 Å². The van der Waals surface area contributed by atoms with E-state index in [-0.39, 0.29) is 4.90 Å². The van der Waals surface area contributed by atoms with E-state index >= 15 is 0 Å². The number of rotatable bonds is 5. The molecule has 126 valence electrons. The smallest absolute Gasteiger partial charge is 0.314 e. The summed E-state index contributed by atoms with van der Waals surface area (Å²) in [4.78, 5) is 11.8. The maximum atomic E-state index is 13.1. The fourth-order valence-electron chi connectivity index (χ4n) is 3.27. The van der Waals surface area contributed by atoms with E-state index in [1.54, 1.807) is 18.2 Å². The number of carbonyl (C=O) groups is 1. The first kappa shape index (κ1) is 16.6. The number of hydrogen-bond donors (Lipinski definition) is 2. The van der Waals surface area contributed by atoms with Gasteiger partial charge in [-0.1, -0.05) is 30.3 Å². The van der Waals surface area contributed by atoms with Gasteiger partial charge in [0.2, 0.25) is 0 Å². The summed E-state index contributed by atoms with van der Waals surface area (Å²) in [5.41, 5.74) is -1.45. The third-order valence-corrected chi connectivity index (χ3v) is 6.84. The van der Waals surface area contributed by atoms with E-state index in [2.05, 4.69) is 0 Å². The van der Waals surface area contributed by atoms with E-state index in [9.17, 15) is 27.8 Å². The van der Waals surface area contributed by atoms with Gasteiger partial charge in [0, 0.05) is 5.92 Å². The third kappa shape index (κ3) is 2.32. The molecule has 1 saturated carbocycles. The predicted octanol–water partition coefficient (Wildman–Crippen LogP) is 1.83. The Morgan fingerprint density at radius 1 is 1.08 bits per heavy atom. The molecule has 0 heterocycles. The number of hydrogen-bond acceptors (Lipinski definition) is 4. The van der Waals surface area contributed by atoms with E-state index in [1.807, 2.05) is 0 Å². The minimum absolute atomic E-state index is 0.00122. The number of carboxylic acids is 1. The highest BCUT2D eigenvalue weighted by Crippen LogP contribution is 2.64. The second kappa shape index (κ2) is 5.68. The Balaban J connectivity index is 2.11. The number of aliphatic hydroxyl groups is 1. The van der Waals surface area contributed by atoms with Crippen LogP contribution in [0.4, 0.5) is 4.39 Å². The fraction of sp³-hybridized carbons (Fsp3) is 0.235. The van der Waals surface area contributed by atoms with Crippen molar-refractivity contribution in [1.82, 2.24) is 0 Å². The van der Waals surface area contributed by atoms with Crippen molar-refractivity contribution in [1.29, 1.82) is 0 Å². The highest BCUT2D eigenvalue weighted by molar-refractivity contribution is 7.92. The molecule has 5 nitrogen and oxygen atoms in total. The quantitative estimate of drug-likeness (QED) is 0.858. The summed E-state index contributed by atoms with van der Waals surface area (Å²) in [7, 11) is -3.97. The molecule has 0 saturated heterocycles. The van der Waals surface area contributed by atoms with Crippen molar-refractivity contribution in [3.05, 3.63) is 66.0 Å². The van der Waals surface area contributed by atoms with E-state index in [1.165, 1.54) is 24.3 Å². The van der Waals surface area contributed by atoms with Crippen LogP contribution in [0.2, 0.25) is 0 Å². The van der Waals surface area contributed by atoms with Crippen LogP contribution >= 0.6 is 0 Å². The maximum Gasteiger partial charge on any atom is 0.314 e. The third-order valence-electron chi connectivity index (χ3n) is 4.55. The van der Waals surface area contributed by atoms with Crippen molar-refractivity contribution in [2.45, 2.75) is 16.1 Å². The van der Waals surface area contributed by atoms with Crippen molar-refractivity contribution in [2.75, 3.05) is 6.61 Å². The van der Waals surface area contributed by atoms with Crippen molar-refractivity contribution in [3.63, 3.8) is 0 Å². The SMILES string of the molecule is O=C(O)[C@]1(CO)[C@@H](c2ccc(F)cc2)[C@@H]1S(=O)(=O)c1ccccc1. The average molecular weight is 350 g/mol. The molecule has 3 atom stereocenters. The summed E-state index contributed by atoms with van der Waals surface area (Å²) in [6.45, 7) is -0.818. The van der Waals surface area contributed by atoms with E-state index < -0.39 is 44.8 Å². The molecule has 3 rings (SSSR count). The van der Waals surface area contributed by atoms with Gasteiger partial charge in [0.1, 0.15) is 11.2 Å². The van der Waals surface area contributed by atoms with Crippen LogP contribution in [0, 0.1) is 11.2 Å². The normalized spacial score (nSPS) is 26.1. The number of aliphatic carboxylic acids is 1. The second-order valence-corrected chi connectivity index (χ2v) is 7.88. The molecular weight excluding hydrogens is 335 g/mol. The summed E-state index contributed by atoms with van der Waals surface area (Å²) in [5.74, 6) is -2.83. The molecule has 2 aromatic rings. The zero-order valence-corrected chi connectivity index (χ0v) is 13.3. The first-order valence-corrected chi connectivity index (χ1v) is 8.79. The summed E-state index contributed by atoms with van der Waals surface area (Å²) in [6, 6.07) is 12.5. The molecule has 0 aliphatic heterocycles. The lowest BCUT2D eigenvalue weighted by atomic mass is 10.0. The minimum Gasteiger partial charge on any atom is -0.481 e. The Labute approximate surface area is 138 Å². The van der Waals surface area contributed by atoms with Crippen molar-refractivity contribution in [2.24, 2.45) is 5.41 Å². The molecule has 7 heteroatoms. The topological polar surface area (TPSA) is 91.7 Å². The van der Waals surface area contributed by atoms with Gasteiger partial charge in [0.15, 0.2) is 9.84 Å². The Kier molecular flexibility index (Phi) is 3.93. The van der Waals surface area contributed by atoms with E-state index in [4.69, 9.17) is 0 Å². The Morgan fingerprint density at radius 2 is 1.67 bits per heavy atom. The van der Waals surface area contributed by atoms with Gasteiger partial charge < -0.3 is 10.2 Å². The van der Waals surface area contributed by atoms with Gasteiger partial charge in [-0.15, -0.1) is 0 Å². The van der Waals surface area contributed by atoms with Gasteiger partial charge in [0.25, 0.3) is 0 Å². The molecule has 1 aliphatic rings. The molecule has 0 unspecified atom stereocenters. The highest BCUT2D eigenvalue weighted by atomic mass is 32.2. The van der Waals surface area contributed by atoms with E-state index in [0.717, 1.165) is 12.1 Å². The largest absolute Gasteiger partial charge is 0.481 e. The zero-order valence-electron chi connectivity index (χ0n) is 12.5. The van der Waals surface area contributed by atoms with Gasteiger partial charge in [0.05, 0.1) is 16.8 Å². The van der Waals surface area contributed by atoms with Crippen LogP contribution < -0.4 is 0 Å². The van der Waals surface area contributed by atoms with Crippen LogP contribution in [0.3, 0.4) is 0 Å². The summed E-state index contributed by atoms with van der Waals surface area (Å²) >= 11 is 0. The van der Waals surface area contributed by atoms with E-state index in [0.29, 0.717) is 5.56 Å². The van der Waals surface area contributed by atoms with Crippen molar-refractivity contribution in [3.8, 4) is 0 Å². The summed E-state index contributed by atoms with van der Waals surface area (Å²) in [6.07, 6.45) is 0. The number of benzene rings is 2. The second-order valence-electron chi connectivity index (χ2n) is 5.81. The molecule has 0 bridgehead atoms. The molecule has 0 aromatic heterocycles. The monoisotopic (exact) mass is 350 g/mol. The number of sulfone groups is 1. The predicted molar refractivity (Wildman–Crippen MR) is 83.7 cm³/mol. The molecule has 1 aliphatic carbocycles. The number of carboxylic acid groups (broad SMARTS) is 1. The fourth-order valence-corrected chi connectivity index (χ4v) is 5.66. The lowest BCUT2D eigenvalue weighted by Gasteiger charge is -2.09. The minimum atomic E-state index is -3.97. The van der Waals surface area contributed by atoms with Gasteiger partial charge in [-0.25, -0.2) is 12.8 Å². The molecule has 0 spiro atoms. The van der Waals surface area contributed by atoms with Gasteiger partial charge in [-0.05, 0) is 29.8 Å². The maximum absolute atomic E-state index is 13.1. The number of halogens is 1. The van der Waals surface area contributed by atoms with Crippen molar-refractivity contribution >= 4 is 15.8 Å². The zero-order chi connectivity index (χ0) is 17.5.